The quantitative estimate of drug-likeness (QED) is 0.613. The summed E-state index contributed by atoms with van der Waals surface area (Å²) in [6.07, 6.45) is 8.72. The molecule has 0 saturated carbocycles. The van der Waals surface area contributed by atoms with Gasteiger partial charge in [-0.15, -0.1) is 0 Å². The zero-order chi connectivity index (χ0) is 8.67. The molecule has 2 aliphatic rings. The zero-order valence-electron chi connectivity index (χ0n) is 7.05. The topological polar surface area (TPSA) is 3.24 Å². The standard InChI is InChI=1S/C11H9NSe/c1-2-7-11-9(5-1)10-6-3-4-8-12(10)13-11/h1-8,10H. The summed E-state index contributed by atoms with van der Waals surface area (Å²) in [5.41, 5.74) is 1.49. The molecule has 2 aliphatic heterocycles. The fraction of sp³-hybridized carbons (Fsp3) is 0.0909. The van der Waals surface area contributed by atoms with Crippen LogP contribution in [0.3, 0.4) is 0 Å². The average Bonchev–Trinajstić information content (AvgIpc) is 2.56. The van der Waals surface area contributed by atoms with Crippen LogP contribution < -0.4 is 4.46 Å². The Balaban J connectivity index is 2.12. The van der Waals surface area contributed by atoms with Gasteiger partial charge in [0.2, 0.25) is 0 Å². The first-order chi connectivity index (χ1) is 6.45. The van der Waals surface area contributed by atoms with Gasteiger partial charge in [0.05, 0.1) is 0 Å². The van der Waals surface area contributed by atoms with Crippen molar-refractivity contribution < 1.29 is 0 Å². The molecule has 0 aliphatic carbocycles. The Morgan fingerprint density at radius 3 is 3.08 bits per heavy atom. The molecule has 3 rings (SSSR count). The first kappa shape index (κ1) is 7.43. The third kappa shape index (κ3) is 1.06. The minimum absolute atomic E-state index is 0.489. The van der Waals surface area contributed by atoms with Crippen LogP contribution in [-0.2, 0) is 0 Å². The fourth-order valence-corrected chi connectivity index (χ4v) is 4.02. The van der Waals surface area contributed by atoms with Gasteiger partial charge in [-0.25, -0.2) is 0 Å². The molecule has 1 aromatic rings. The Kier molecular flexibility index (Phi) is 1.58. The molecular formula is C11H9NSe. The Morgan fingerprint density at radius 2 is 2.08 bits per heavy atom. The normalized spacial score (nSPS) is 23.1. The number of fused-ring (bicyclic) bond motifs is 3. The van der Waals surface area contributed by atoms with Crippen LogP contribution in [0.1, 0.15) is 11.6 Å². The molecule has 0 saturated heterocycles. The summed E-state index contributed by atoms with van der Waals surface area (Å²) in [7, 11) is 0. The van der Waals surface area contributed by atoms with Crippen LogP contribution in [0.5, 0.6) is 0 Å². The molecule has 0 radical (unpaired) electrons. The second-order valence-electron chi connectivity index (χ2n) is 3.16. The van der Waals surface area contributed by atoms with Gasteiger partial charge in [-0.05, 0) is 0 Å². The Labute approximate surface area is 84.1 Å². The van der Waals surface area contributed by atoms with E-state index in [1.54, 1.807) is 0 Å². The summed E-state index contributed by atoms with van der Waals surface area (Å²) in [4.78, 5) is 0. The molecule has 1 nitrogen and oxygen atoms in total. The van der Waals surface area contributed by atoms with Crippen LogP contribution in [-0.4, -0.2) is 19.1 Å². The second-order valence-corrected chi connectivity index (χ2v) is 5.35. The molecule has 1 aromatic carbocycles. The van der Waals surface area contributed by atoms with Crippen LogP contribution in [0.4, 0.5) is 0 Å². The molecule has 13 heavy (non-hydrogen) atoms. The van der Waals surface area contributed by atoms with Crippen LogP contribution in [0.15, 0.2) is 48.7 Å². The summed E-state index contributed by atoms with van der Waals surface area (Å²) in [6, 6.07) is 9.26. The molecule has 2 heteroatoms. The maximum atomic E-state index is 2.43. The van der Waals surface area contributed by atoms with Crippen LogP contribution in [0.25, 0.3) is 0 Å². The van der Waals surface area contributed by atoms with E-state index in [9.17, 15) is 0 Å². The molecule has 64 valence electrons. The molecule has 0 N–H and O–H groups in total. The van der Waals surface area contributed by atoms with E-state index in [0.29, 0.717) is 21.2 Å². The van der Waals surface area contributed by atoms with Crippen molar-refractivity contribution in [2.75, 3.05) is 0 Å². The van der Waals surface area contributed by atoms with Crippen molar-refractivity contribution in [2.24, 2.45) is 0 Å². The molecule has 0 aromatic heterocycles. The van der Waals surface area contributed by atoms with E-state index in [1.807, 2.05) is 0 Å². The zero-order valence-corrected chi connectivity index (χ0v) is 8.76. The molecule has 2 heterocycles. The predicted molar refractivity (Wildman–Crippen MR) is 54.7 cm³/mol. The fourth-order valence-electron chi connectivity index (χ4n) is 1.73. The number of hydrogen-bond acceptors (Lipinski definition) is 1. The number of benzene rings is 1. The van der Waals surface area contributed by atoms with E-state index in [2.05, 4.69) is 52.6 Å². The van der Waals surface area contributed by atoms with Gasteiger partial charge in [-0.3, -0.25) is 0 Å². The number of hydrogen-bond donors (Lipinski definition) is 0. The SMILES string of the molecule is C1=CC2c3ccccc3[Se]N2C=C1. The van der Waals surface area contributed by atoms with Gasteiger partial charge >= 0.3 is 83.9 Å². The molecular weight excluding hydrogens is 225 g/mol. The second kappa shape index (κ2) is 2.76. The van der Waals surface area contributed by atoms with Gasteiger partial charge < -0.3 is 0 Å². The van der Waals surface area contributed by atoms with Gasteiger partial charge in [-0.1, -0.05) is 0 Å². The molecule has 0 fully saturated rings. The van der Waals surface area contributed by atoms with Crippen LogP contribution >= 0.6 is 0 Å². The first-order valence-corrected chi connectivity index (χ1v) is 5.98. The van der Waals surface area contributed by atoms with Crippen molar-refractivity contribution in [1.82, 2.24) is 3.92 Å². The van der Waals surface area contributed by atoms with Gasteiger partial charge in [0.1, 0.15) is 0 Å². The summed E-state index contributed by atoms with van der Waals surface area (Å²) < 4.78 is 3.95. The van der Waals surface area contributed by atoms with E-state index in [1.165, 1.54) is 10.0 Å². The van der Waals surface area contributed by atoms with E-state index in [-0.39, 0.29) is 0 Å². The summed E-state index contributed by atoms with van der Waals surface area (Å²) in [5.74, 6) is 0. The Bertz CT molecular complexity index is 395. The van der Waals surface area contributed by atoms with Gasteiger partial charge in [-0.2, -0.15) is 0 Å². The predicted octanol–water partition coefficient (Wildman–Crippen LogP) is 1.37. The Morgan fingerprint density at radius 1 is 1.15 bits per heavy atom. The third-order valence-electron chi connectivity index (χ3n) is 2.35. The van der Waals surface area contributed by atoms with E-state index in [0.717, 1.165) is 0 Å². The van der Waals surface area contributed by atoms with Crippen molar-refractivity contribution in [2.45, 2.75) is 6.04 Å². The van der Waals surface area contributed by atoms with E-state index in [4.69, 9.17) is 0 Å². The number of rotatable bonds is 0. The monoisotopic (exact) mass is 235 g/mol. The number of allylic oxidation sites excluding steroid dienone is 2. The van der Waals surface area contributed by atoms with Crippen molar-refractivity contribution in [1.29, 1.82) is 0 Å². The van der Waals surface area contributed by atoms with Crippen LogP contribution in [0, 0.1) is 0 Å². The van der Waals surface area contributed by atoms with E-state index >= 15 is 0 Å². The van der Waals surface area contributed by atoms with Crippen molar-refractivity contribution in [3.8, 4) is 0 Å². The molecule has 1 unspecified atom stereocenters. The van der Waals surface area contributed by atoms with Crippen LogP contribution in [0.2, 0.25) is 0 Å². The molecule has 0 amide bonds. The van der Waals surface area contributed by atoms with Gasteiger partial charge in [0.15, 0.2) is 0 Å². The summed E-state index contributed by atoms with van der Waals surface area (Å²) in [5, 5.41) is 0. The minimum atomic E-state index is 0.489. The van der Waals surface area contributed by atoms with Crippen molar-refractivity contribution in [3.63, 3.8) is 0 Å². The third-order valence-corrected chi connectivity index (χ3v) is 4.72. The van der Waals surface area contributed by atoms with Gasteiger partial charge in [0, 0.05) is 0 Å². The Hall–Kier alpha value is -0.981. The van der Waals surface area contributed by atoms with E-state index < -0.39 is 0 Å². The average molecular weight is 234 g/mol. The first-order valence-electron chi connectivity index (χ1n) is 4.35. The summed E-state index contributed by atoms with van der Waals surface area (Å²) >= 11 is 0.489. The molecule has 0 spiro atoms. The molecule has 0 bridgehead atoms. The molecule has 1 atom stereocenters. The van der Waals surface area contributed by atoms with Crippen molar-refractivity contribution >= 4 is 19.6 Å². The van der Waals surface area contributed by atoms with Gasteiger partial charge in [0.25, 0.3) is 0 Å². The number of nitrogens with zero attached hydrogens (tertiary/aromatic N) is 1. The summed E-state index contributed by atoms with van der Waals surface area (Å²) in [6.45, 7) is 0. The maximum absolute atomic E-state index is 2.43. The van der Waals surface area contributed by atoms with Crippen molar-refractivity contribution in [3.05, 3.63) is 54.3 Å².